The fourth-order valence-corrected chi connectivity index (χ4v) is 3.49. The first-order valence-corrected chi connectivity index (χ1v) is 8.99. The molecule has 1 atom stereocenters. The smallest absolute Gasteiger partial charge is 0.255 e. The van der Waals surface area contributed by atoms with Gasteiger partial charge in [-0.05, 0) is 50.1 Å². The van der Waals surface area contributed by atoms with Gasteiger partial charge in [-0.3, -0.25) is 4.79 Å². The van der Waals surface area contributed by atoms with Crippen LogP contribution in [0.5, 0.6) is 5.75 Å². The summed E-state index contributed by atoms with van der Waals surface area (Å²) in [6.07, 6.45) is 1.45. The molecule has 2 aromatic carbocycles. The molecule has 7 heteroatoms. The SMILES string of the molecule is CC1=C(C(=O)Nc2ccc(C)cc2C)[C@@H](c2ccc(O)cc2)n2ncnc2N1. The number of nitrogens with zero attached hydrogens (tertiary/aromatic N) is 3. The number of fused-ring (bicyclic) bond motifs is 1. The maximum atomic E-state index is 13.3. The quantitative estimate of drug-likeness (QED) is 0.651. The summed E-state index contributed by atoms with van der Waals surface area (Å²) in [5.41, 5.74) is 4.99. The number of phenolic OH excluding ortho intramolecular Hbond substituents is 1. The largest absolute Gasteiger partial charge is 0.508 e. The van der Waals surface area contributed by atoms with Crippen LogP contribution in [0.4, 0.5) is 11.6 Å². The summed E-state index contributed by atoms with van der Waals surface area (Å²) in [6, 6.07) is 12.2. The molecule has 0 bridgehead atoms. The Morgan fingerprint density at radius 3 is 2.61 bits per heavy atom. The summed E-state index contributed by atoms with van der Waals surface area (Å²) < 4.78 is 1.68. The van der Waals surface area contributed by atoms with Crippen molar-refractivity contribution in [1.82, 2.24) is 14.8 Å². The van der Waals surface area contributed by atoms with E-state index in [1.54, 1.807) is 28.9 Å². The molecule has 7 nitrogen and oxygen atoms in total. The van der Waals surface area contributed by atoms with Crippen LogP contribution in [0.1, 0.15) is 29.7 Å². The summed E-state index contributed by atoms with van der Waals surface area (Å²) >= 11 is 0. The van der Waals surface area contributed by atoms with Crippen molar-refractivity contribution >= 4 is 17.5 Å². The number of carbonyl (C=O) groups is 1. The van der Waals surface area contributed by atoms with Crippen molar-refractivity contribution in [2.24, 2.45) is 0 Å². The van der Waals surface area contributed by atoms with Crippen molar-refractivity contribution in [3.8, 4) is 5.75 Å². The molecular weight excluding hydrogens is 354 g/mol. The third kappa shape index (κ3) is 3.11. The summed E-state index contributed by atoms with van der Waals surface area (Å²) in [4.78, 5) is 17.5. The van der Waals surface area contributed by atoms with Gasteiger partial charge in [0, 0.05) is 11.4 Å². The fraction of sp³-hybridized carbons (Fsp3) is 0.190. The predicted octanol–water partition coefficient (Wildman–Crippen LogP) is 3.53. The number of anilines is 2. The molecule has 3 N–H and O–H groups in total. The summed E-state index contributed by atoms with van der Waals surface area (Å²) in [7, 11) is 0. The highest BCUT2D eigenvalue weighted by molar-refractivity contribution is 6.06. The van der Waals surface area contributed by atoms with E-state index in [-0.39, 0.29) is 11.7 Å². The number of phenols is 1. The van der Waals surface area contributed by atoms with Crippen LogP contribution in [-0.4, -0.2) is 25.8 Å². The predicted molar refractivity (Wildman–Crippen MR) is 107 cm³/mol. The van der Waals surface area contributed by atoms with Crippen molar-refractivity contribution in [3.05, 3.63) is 76.8 Å². The van der Waals surface area contributed by atoms with Gasteiger partial charge in [0.15, 0.2) is 0 Å². The van der Waals surface area contributed by atoms with E-state index < -0.39 is 6.04 Å². The van der Waals surface area contributed by atoms with Crippen LogP contribution in [0.25, 0.3) is 0 Å². The van der Waals surface area contributed by atoms with Crippen LogP contribution in [0, 0.1) is 13.8 Å². The zero-order valence-corrected chi connectivity index (χ0v) is 15.9. The van der Waals surface area contributed by atoms with Gasteiger partial charge in [0.05, 0.1) is 5.57 Å². The van der Waals surface area contributed by atoms with Gasteiger partial charge in [0.1, 0.15) is 18.1 Å². The summed E-state index contributed by atoms with van der Waals surface area (Å²) in [5, 5.41) is 20.1. The molecule has 3 aromatic rings. The minimum absolute atomic E-state index is 0.165. The number of nitrogens with one attached hydrogen (secondary N) is 2. The molecular formula is C21H21N5O2. The lowest BCUT2D eigenvalue weighted by Gasteiger charge is -2.29. The highest BCUT2D eigenvalue weighted by atomic mass is 16.3. The second kappa shape index (κ2) is 6.84. The molecule has 0 saturated heterocycles. The van der Waals surface area contributed by atoms with Crippen molar-refractivity contribution < 1.29 is 9.90 Å². The lowest BCUT2D eigenvalue weighted by Crippen LogP contribution is -2.31. The van der Waals surface area contributed by atoms with Gasteiger partial charge in [0.25, 0.3) is 5.91 Å². The number of aromatic nitrogens is 3. The summed E-state index contributed by atoms with van der Waals surface area (Å²) in [5.74, 6) is 0.522. The molecule has 0 radical (unpaired) electrons. The molecule has 142 valence electrons. The van der Waals surface area contributed by atoms with Gasteiger partial charge in [-0.15, -0.1) is 0 Å². The second-order valence-electron chi connectivity index (χ2n) is 6.96. The number of hydrogen-bond donors (Lipinski definition) is 3. The van der Waals surface area contributed by atoms with E-state index in [2.05, 4.69) is 20.7 Å². The Labute approximate surface area is 162 Å². The topological polar surface area (TPSA) is 92.1 Å². The van der Waals surface area contributed by atoms with Gasteiger partial charge in [-0.25, -0.2) is 4.68 Å². The maximum Gasteiger partial charge on any atom is 0.255 e. The van der Waals surface area contributed by atoms with E-state index in [0.717, 1.165) is 22.4 Å². The first kappa shape index (κ1) is 17.8. The Balaban J connectivity index is 1.76. The Bertz CT molecular complexity index is 1080. The molecule has 0 spiro atoms. The molecule has 28 heavy (non-hydrogen) atoms. The Hall–Kier alpha value is -3.61. The van der Waals surface area contributed by atoms with Crippen LogP contribution in [0.3, 0.4) is 0 Å². The van der Waals surface area contributed by atoms with Gasteiger partial charge < -0.3 is 15.7 Å². The van der Waals surface area contributed by atoms with Crippen LogP contribution in [-0.2, 0) is 4.79 Å². The van der Waals surface area contributed by atoms with Crippen molar-refractivity contribution in [1.29, 1.82) is 0 Å². The molecule has 1 aliphatic rings. The average Bonchev–Trinajstić information content (AvgIpc) is 3.11. The molecule has 2 heterocycles. The zero-order chi connectivity index (χ0) is 19.8. The molecule has 1 aliphatic heterocycles. The lowest BCUT2D eigenvalue weighted by molar-refractivity contribution is -0.113. The number of amides is 1. The van der Waals surface area contributed by atoms with E-state index in [0.29, 0.717) is 17.2 Å². The molecule has 0 aliphatic carbocycles. The number of aromatic hydroxyl groups is 1. The van der Waals surface area contributed by atoms with E-state index in [1.807, 2.05) is 39.0 Å². The van der Waals surface area contributed by atoms with Gasteiger partial charge in [-0.1, -0.05) is 29.8 Å². The van der Waals surface area contributed by atoms with E-state index >= 15 is 0 Å². The van der Waals surface area contributed by atoms with Crippen molar-refractivity contribution in [2.45, 2.75) is 26.8 Å². The number of hydrogen-bond acceptors (Lipinski definition) is 5. The van der Waals surface area contributed by atoms with E-state index in [4.69, 9.17) is 0 Å². The molecule has 0 fully saturated rings. The highest BCUT2D eigenvalue weighted by Gasteiger charge is 2.33. The Morgan fingerprint density at radius 1 is 1.14 bits per heavy atom. The minimum atomic E-state index is -0.454. The first-order chi connectivity index (χ1) is 13.4. The molecule has 0 saturated carbocycles. The monoisotopic (exact) mass is 375 g/mol. The Morgan fingerprint density at radius 2 is 1.89 bits per heavy atom. The fourth-order valence-electron chi connectivity index (χ4n) is 3.49. The second-order valence-corrected chi connectivity index (χ2v) is 6.96. The van der Waals surface area contributed by atoms with Crippen molar-refractivity contribution in [3.63, 3.8) is 0 Å². The van der Waals surface area contributed by atoms with Crippen LogP contribution < -0.4 is 10.6 Å². The van der Waals surface area contributed by atoms with Gasteiger partial charge in [0.2, 0.25) is 5.95 Å². The zero-order valence-electron chi connectivity index (χ0n) is 15.9. The lowest BCUT2D eigenvalue weighted by atomic mass is 9.95. The van der Waals surface area contributed by atoms with Crippen LogP contribution in [0.2, 0.25) is 0 Å². The first-order valence-electron chi connectivity index (χ1n) is 8.99. The molecule has 1 aromatic heterocycles. The van der Waals surface area contributed by atoms with E-state index in [1.165, 1.54) is 6.33 Å². The molecule has 1 amide bonds. The summed E-state index contributed by atoms with van der Waals surface area (Å²) in [6.45, 7) is 5.84. The maximum absolute atomic E-state index is 13.3. The highest BCUT2D eigenvalue weighted by Crippen LogP contribution is 2.35. The Kier molecular flexibility index (Phi) is 4.35. The number of allylic oxidation sites excluding steroid dienone is 1. The van der Waals surface area contributed by atoms with Crippen LogP contribution >= 0.6 is 0 Å². The van der Waals surface area contributed by atoms with Crippen molar-refractivity contribution in [2.75, 3.05) is 10.6 Å². The van der Waals surface area contributed by atoms with Crippen LogP contribution in [0.15, 0.2) is 60.1 Å². The third-order valence-corrected chi connectivity index (χ3v) is 4.88. The normalized spacial score (nSPS) is 15.8. The third-order valence-electron chi connectivity index (χ3n) is 4.88. The minimum Gasteiger partial charge on any atom is -0.508 e. The number of benzene rings is 2. The standard InChI is InChI=1S/C21H21N5O2/c1-12-4-9-17(13(2)10-12)25-20(28)18-14(3)24-21-22-11-23-26(21)19(18)15-5-7-16(27)8-6-15/h4-11,19,27H,1-3H3,(H,25,28)(H,22,23,24)/t19-/m1/s1. The molecule has 4 rings (SSSR count). The number of aryl methyl sites for hydroxylation is 2. The average molecular weight is 375 g/mol. The molecule has 0 unspecified atom stereocenters. The van der Waals surface area contributed by atoms with E-state index in [9.17, 15) is 9.90 Å². The number of rotatable bonds is 3. The van der Waals surface area contributed by atoms with Gasteiger partial charge in [-0.2, -0.15) is 10.1 Å². The number of carbonyl (C=O) groups excluding carboxylic acids is 1. The van der Waals surface area contributed by atoms with Gasteiger partial charge >= 0.3 is 0 Å².